The number of hydrazine groups is 1. The van der Waals surface area contributed by atoms with Crippen LogP contribution in [-0.4, -0.2) is 21.6 Å². The number of aromatic nitrogens is 2. The van der Waals surface area contributed by atoms with E-state index in [1.54, 1.807) is 28.9 Å². The second-order valence-corrected chi connectivity index (χ2v) is 8.16. The van der Waals surface area contributed by atoms with Gasteiger partial charge in [0.05, 0.1) is 12.2 Å². The van der Waals surface area contributed by atoms with Gasteiger partial charge in [0, 0.05) is 16.0 Å². The molecule has 0 unspecified atom stereocenters. The maximum absolute atomic E-state index is 12.8. The van der Waals surface area contributed by atoms with Crippen molar-refractivity contribution in [3.8, 4) is 0 Å². The molecular formula is C22H23ClN4O2. The molecule has 1 aromatic heterocycles. The van der Waals surface area contributed by atoms with Crippen LogP contribution in [0.4, 0.5) is 0 Å². The maximum atomic E-state index is 12.8. The SMILES string of the molecule is CC(C)(C)c1cc(C(=O)NNC(=O)c2cccc(Cl)c2)n(Cc2ccccc2)n1. The van der Waals surface area contributed by atoms with Crippen LogP contribution in [0.1, 0.15) is 52.9 Å². The van der Waals surface area contributed by atoms with Gasteiger partial charge in [-0.1, -0.05) is 68.8 Å². The molecule has 0 radical (unpaired) electrons. The van der Waals surface area contributed by atoms with Crippen molar-refractivity contribution in [1.29, 1.82) is 0 Å². The number of halogens is 1. The summed E-state index contributed by atoms with van der Waals surface area (Å²) in [5.41, 5.74) is 7.20. The standard InChI is InChI=1S/C22H23ClN4O2/c1-22(2,3)19-13-18(27(26-19)14-15-8-5-4-6-9-15)21(29)25-24-20(28)16-10-7-11-17(23)12-16/h4-13H,14H2,1-3H3,(H,24,28)(H,25,29). The average Bonchev–Trinajstić information content (AvgIpc) is 3.11. The maximum Gasteiger partial charge on any atom is 0.287 e. The monoisotopic (exact) mass is 410 g/mol. The molecule has 6 nitrogen and oxygen atoms in total. The lowest BCUT2D eigenvalue weighted by atomic mass is 9.92. The van der Waals surface area contributed by atoms with Crippen molar-refractivity contribution in [2.45, 2.75) is 32.7 Å². The predicted molar refractivity (Wildman–Crippen MR) is 113 cm³/mol. The molecule has 0 saturated heterocycles. The van der Waals surface area contributed by atoms with Gasteiger partial charge in [-0.25, -0.2) is 0 Å². The van der Waals surface area contributed by atoms with E-state index < -0.39 is 11.8 Å². The van der Waals surface area contributed by atoms with Gasteiger partial charge in [-0.05, 0) is 29.8 Å². The van der Waals surface area contributed by atoms with Crippen LogP contribution >= 0.6 is 11.6 Å². The Kier molecular flexibility index (Phi) is 6.03. The number of hydrogen-bond acceptors (Lipinski definition) is 3. The van der Waals surface area contributed by atoms with E-state index in [2.05, 4.69) is 16.0 Å². The van der Waals surface area contributed by atoms with Gasteiger partial charge in [0.25, 0.3) is 11.8 Å². The van der Waals surface area contributed by atoms with Crippen LogP contribution in [0.2, 0.25) is 5.02 Å². The van der Waals surface area contributed by atoms with Crippen LogP contribution < -0.4 is 10.9 Å². The van der Waals surface area contributed by atoms with Gasteiger partial charge in [0.15, 0.2) is 0 Å². The number of carbonyl (C=O) groups is 2. The van der Waals surface area contributed by atoms with Crippen molar-refractivity contribution in [2.75, 3.05) is 0 Å². The molecule has 150 valence electrons. The zero-order chi connectivity index (χ0) is 21.0. The normalized spacial score (nSPS) is 11.2. The number of nitrogens with zero attached hydrogens (tertiary/aromatic N) is 2. The molecule has 3 rings (SSSR count). The van der Waals surface area contributed by atoms with Crippen LogP contribution in [0, 0.1) is 0 Å². The molecular weight excluding hydrogens is 388 g/mol. The second kappa shape index (κ2) is 8.49. The van der Waals surface area contributed by atoms with Gasteiger partial charge in [-0.15, -0.1) is 0 Å². The summed E-state index contributed by atoms with van der Waals surface area (Å²) in [6.07, 6.45) is 0. The molecule has 0 bridgehead atoms. The fourth-order valence-corrected chi connectivity index (χ4v) is 2.91. The van der Waals surface area contributed by atoms with E-state index in [1.165, 1.54) is 6.07 Å². The van der Waals surface area contributed by atoms with Crippen molar-refractivity contribution < 1.29 is 9.59 Å². The first-order valence-corrected chi connectivity index (χ1v) is 9.60. The summed E-state index contributed by atoms with van der Waals surface area (Å²) in [5.74, 6) is -0.898. The summed E-state index contributed by atoms with van der Waals surface area (Å²) in [5, 5.41) is 5.06. The highest BCUT2D eigenvalue weighted by atomic mass is 35.5. The molecule has 3 aromatic rings. The van der Waals surface area contributed by atoms with Crippen molar-refractivity contribution >= 4 is 23.4 Å². The Morgan fingerprint density at radius 2 is 1.66 bits per heavy atom. The zero-order valence-corrected chi connectivity index (χ0v) is 17.3. The Morgan fingerprint density at radius 1 is 0.966 bits per heavy atom. The molecule has 0 fully saturated rings. The Labute approximate surface area is 174 Å². The zero-order valence-electron chi connectivity index (χ0n) is 16.6. The van der Waals surface area contributed by atoms with E-state index in [9.17, 15) is 9.59 Å². The van der Waals surface area contributed by atoms with Crippen molar-refractivity contribution in [2.24, 2.45) is 0 Å². The third kappa shape index (κ3) is 5.23. The summed E-state index contributed by atoms with van der Waals surface area (Å²) in [6.45, 7) is 6.54. The van der Waals surface area contributed by atoms with Gasteiger partial charge in [0.2, 0.25) is 0 Å². The van der Waals surface area contributed by atoms with Gasteiger partial charge in [-0.2, -0.15) is 5.10 Å². The lowest BCUT2D eigenvalue weighted by Crippen LogP contribution is -2.42. The highest BCUT2D eigenvalue weighted by molar-refractivity contribution is 6.30. The Hall–Kier alpha value is -3.12. The van der Waals surface area contributed by atoms with Gasteiger partial charge in [0.1, 0.15) is 5.69 Å². The lowest BCUT2D eigenvalue weighted by Gasteiger charge is -2.14. The van der Waals surface area contributed by atoms with E-state index in [4.69, 9.17) is 11.6 Å². The summed E-state index contributed by atoms with van der Waals surface area (Å²) < 4.78 is 1.65. The topological polar surface area (TPSA) is 76.0 Å². The molecule has 2 amide bonds. The number of benzene rings is 2. The Balaban J connectivity index is 1.79. The highest BCUT2D eigenvalue weighted by Gasteiger charge is 2.23. The van der Waals surface area contributed by atoms with Crippen LogP contribution in [0.5, 0.6) is 0 Å². The van der Waals surface area contributed by atoms with Crippen LogP contribution in [0.15, 0.2) is 60.7 Å². The van der Waals surface area contributed by atoms with Crippen molar-refractivity contribution in [1.82, 2.24) is 20.6 Å². The first kappa shape index (κ1) is 20.6. The number of hydrogen-bond donors (Lipinski definition) is 2. The molecule has 0 aliphatic heterocycles. The van der Waals surface area contributed by atoms with Gasteiger partial charge < -0.3 is 0 Å². The van der Waals surface area contributed by atoms with E-state index in [1.807, 2.05) is 51.1 Å². The number of rotatable bonds is 4. The van der Waals surface area contributed by atoms with Crippen LogP contribution in [0.3, 0.4) is 0 Å². The highest BCUT2D eigenvalue weighted by Crippen LogP contribution is 2.22. The first-order valence-electron chi connectivity index (χ1n) is 9.22. The summed E-state index contributed by atoms with van der Waals surface area (Å²) >= 11 is 5.91. The second-order valence-electron chi connectivity index (χ2n) is 7.73. The van der Waals surface area contributed by atoms with Crippen molar-refractivity contribution in [3.63, 3.8) is 0 Å². The van der Waals surface area contributed by atoms with E-state index in [-0.39, 0.29) is 5.41 Å². The minimum atomic E-state index is -0.453. The molecule has 7 heteroatoms. The fourth-order valence-electron chi connectivity index (χ4n) is 2.72. The Bertz CT molecular complexity index is 1020. The summed E-state index contributed by atoms with van der Waals surface area (Å²) in [7, 11) is 0. The van der Waals surface area contributed by atoms with Gasteiger partial charge >= 0.3 is 0 Å². The van der Waals surface area contributed by atoms with Gasteiger partial charge in [-0.3, -0.25) is 25.1 Å². The minimum Gasteiger partial charge on any atom is -0.267 e. The summed E-state index contributed by atoms with van der Waals surface area (Å²) in [6, 6.07) is 18.0. The lowest BCUT2D eigenvalue weighted by molar-refractivity contribution is 0.0841. The average molecular weight is 411 g/mol. The number of nitrogens with one attached hydrogen (secondary N) is 2. The summed E-state index contributed by atoms with van der Waals surface area (Å²) in [4.78, 5) is 25.1. The van der Waals surface area contributed by atoms with E-state index >= 15 is 0 Å². The minimum absolute atomic E-state index is 0.221. The Morgan fingerprint density at radius 3 is 2.31 bits per heavy atom. The number of carbonyl (C=O) groups excluding carboxylic acids is 2. The molecule has 0 aliphatic carbocycles. The fraction of sp³-hybridized carbons (Fsp3) is 0.227. The third-order valence-corrected chi connectivity index (χ3v) is 4.57. The number of amides is 2. The van der Waals surface area contributed by atoms with E-state index in [0.717, 1.165) is 11.3 Å². The largest absolute Gasteiger partial charge is 0.287 e. The van der Waals surface area contributed by atoms with Crippen LogP contribution in [-0.2, 0) is 12.0 Å². The third-order valence-electron chi connectivity index (χ3n) is 4.33. The predicted octanol–water partition coefficient (Wildman–Crippen LogP) is 3.96. The molecule has 0 atom stereocenters. The quantitative estimate of drug-likeness (QED) is 0.639. The van der Waals surface area contributed by atoms with E-state index in [0.29, 0.717) is 22.8 Å². The van der Waals surface area contributed by atoms with Crippen molar-refractivity contribution in [3.05, 3.63) is 88.2 Å². The smallest absolute Gasteiger partial charge is 0.267 e. The van der Waals surface area contributed by atoms with Crippen LogP contribution in [0.25, 0.3) is 0 Å². The first-order chi connectivity index (χ1) is 13.7. The molecule has 2 aromatic carbocycles. The molecule has 29 heavy (non-hydrogen) atoms. The molecule has 0 saturated carbocycles. The molecule has 0 spiro atoms. The molecule has 0 aliphatic rings. The molecule has 1 heterocycles. The molecule has 2 N–H and O–H groups in total.